The fourth-order valence-corrected chi connectivity index (χ4v) is 5.49. The lowest BCUT2D eigenvalue weighted by Gasteiger charge is -2.24. The van der Waals surface area contributed by atoms with Crippen LogP contribution in [0.25, 0.3) is 0 Å². The van der Waals surface area contributed by atoms with Crippen molar-refractivity contribution in [3.63, 3.8) is 0 Å². The van der Waals surface area contributed by atoms with E-state index in [2.05, 4.69) is 14.7 Å². The van der Waals surface area contributed by atoms with Gasteiger partial charge < -0.3 is 20.5 Å². The third kappa shape index (κ3) is 5.33. The summed E-state index contributed by atoms with van der Waals surface area (Å²) in [5, 5.41) is 2.36. The number of rotatable bonds is 10. The quantitative estimate of drug-likeness (QED) is 0.472. The Morgan fingerprint density at radius 2 is 1.81 bits per heavy atom. The molecule has 166 valence electrons. The summed E-state index contributed by atoms with van der Waals surface area (Å²) < 4.78 is 41.4. The zero-order chi connectivity index (χ0) is 22.4. The maximum atomic E-state index is 13.3. The van der Waals surface area contributed by atoms with Gasteiger partial charge in [0, 0.05) is 29.6 Å². The minimum Gasteiger partial charge on any atom is -0.497 e. The van der Waals surface area contributed by atoms with E-state index in [9.17, 15) is 8.42 Å². The van der Waals surface area contributed by atoms with Gasteiger partial charge in [-0.15, -0.1) is 0 Å². The van der Waals surface area contributed by atoms with Crippen LogP contribution in [0, 0.1) is 0 Å². The first-order chi connectivity index (χ1) is 14.9. The van der Waals surface area contributed by atoms with Crippen molar-refractivity contribution in [3.05, 3.63) is 59.9 Å². The molecule has 3 N–H and O–H groups in total. The van der Waals surface area contributed by atoms with Gasteiger partial charge in [0.2, 0.25) is 15.0 Å². The predicted molar refractivity (Wildman–Crippen MR) is 122 cm³/mol. The average molecular weight is 463 g/mol. The van der Waals surface area contributed by atoms with Gasteiger partial charge in [0.15, 0.2) is 5.37 Å². The maximum absolute atomic E-state index is 13.3. The van der Waals surface area contributed by atoms with Crippen molar-refractivity contribution in [2.75, 3.05) is 19.5 Å². The third-order valence-corrected chi connectivity index (χ3v) is 7.61. The zero-order valence-corrected chi connectivity index (χ0v) is 19.2. The molecule has 2 unspecified atom stereocenters. The number of nitrogens with one attached hydrogen (secondary N) is 1. The Bertz CT molecular complexity index is 1100. The van der Waals surface area contributed by atoms with E-state index in [0.717, 1.165) is 22.8 Å². The van der Waals surface area contributed by atoms with Crippen molar-refractivity contribution in [1.29, 1.82) is 0 Å². The molecule has 8 nitrogen and oxygen atoms in total. The molecule has 0 bridgehead atoms. The van der Waals surface area contributed by atoms with Gasteiger partial charge in [0.05, 0.1) is 19.1 Å². The molecule has 0 saturated carbocycles. The van der Waals surface area contributed by atoms with Crippen LogP contribution in [0.15, 0.2) is 53.4 Å². The molecule has 0 saturated heterocycles. The van der Waals surface area contributed by atoms with Crippen LogP contribution in [0.4, 0.5) is 5.13 Å². The van der Waals surface area contributed by atoms with Gasteiger partial charge in [-0.25, -0.2) is 13.4 Å². The Hall–Kier alpha value is -2.69. The van der Waals surface area contributed by atoms with Gasteiger partial charge in [0.1, 0.15) is 17.3 Å². The number of aromatic nitrogens is 2. The molecular weight excluding hydrogens is 436 g/mol. The van der Waals surface area contributed by atoms with Crippen molar-refractivity contribution < 1.29 is 17.9 Å². The maximum Gasteiger partial charge on any atom is 0.203 e. The van der Waals surface area contributed by atoms with Crippen molar-refractivity contribution in [2.45, 2.75) is 36.1 Å². The summed E-state index contributed by atoms with van der Waals surface area (Å²) in [6.07, 6.45) is 0.942. The summed E-state index contributed by atoms with van der Waals surface area (Å²) >= 11 is 1.10. The number of benzene rings is 2. The number of nitrogens with zero attached hydrogens (tertiary/aromatic N) is 2. The summed E-state index contributed by atoms with van der Waals surface area (Å²) in [4.78, 5) is 4.63. The molecule has 0 spiro atoms. The average Bonchev–Trinajstić information content (AvgIpc) is 3.24. The van der Waals surface area contributed by atoms with E-state index in [0.29, 0.717) is 29.5 Å². The van der Waals surface area contributed by atoms with Crippen LogP contribution in [0.5, 0.6) is 11.5 Å². The lowest BCUT2D eigenvalue weighted by Crippen LogP contribution is -2.45. The summed E-state index contributed by atoms with van der Waals surface area (Å²) in [6.45, 7) is 1.84. The van der Waals surface area contributed by atoms with E-state index in [-0.39, 0.29) is 4.90 Å². The molecule has 1 heterocycles. The Labute approximate surface area is 186 Å². The molecular formula is C21H26N4O4S2. The second-order valence-corrected chi connectivity index (χ2v) is 9.68. The van der Waals surface area contributed by atoms with Gasteiger partial charge in [-0.1, -0.05) is 25.1 Å². The highest BCUT2D eigenvalue weighted by atomic mass is 32.2. The van der Waals surface area contributed by atoms with Gasteiger partial charge in [-0.2, -0.15) is 4.37 Å². The summed E-state index contributed by atoms with van der Waals surface area (Å²) in [5.41, 5.74) is 7.13. The van der Waals surface area contributed by atoms with Gasteiger partial charge in [-0.3, -0.25) is 0 Å². The first-order valence-electron chi connectivity index (χ1n) is 9.73. The molecule has 2 atom stereocenters. The number of hydrogen-bond donors (Lipinski definition) is 2. The molecule has 0 radical (unpaired) electrons. The predicted octanol–water partition coefficient (Wildman–Crippen LogP) is 3.10. The lowest BCUT2D eigenvalue weighted by atomic mass is 10.1. The number of anilines is 1. The van der Waals surface area contributed by atoms with E-state index >= 15 is 0 Å². The van der Waals surface area contributed by atoms with Crippen LogP contribution in [0.1, 0.15) is 24.7 Å². The Kier molecular flexibility index (Phi) is 7.47. The fraction of sp³-hybridized carbons (Fsp3) is 0.333. The first kappa shape index (κ1) is 23.0. The minimum atomic E-state index is -3.77. The van der Waals surface area contributed by atoms with Crippen molar-refractivity contribution >= 4 is 26.5 Å². The Morgan fingerprint density at radius 3 is 2.45 bits per heavy atom. The first-order valence-corrected chi connectivity index (χ1v) is 12.1. The van der Waals surface area contributed by atoms with E-state index in [1.807, 2.05) is 31.2 Å². The molecule has 1 aromatic heterocycles. The molecule has 2 aromatic carbocycles. The molecule has 0 amide bonds. The monoisotopic (exact) mass is 462 g/mol. The van der Waals surface area contributed by atoms with Gasteiger partial charge >= 0.3 is 0 Å². The normalized spacial score (nSPS) is 13.4. The largest absolute Gasteiger partial charge is 0.497 e. The van der Waals surface area contributed by atoms with Crippen LogP contribution >= 0.6 is 11.5 Å². The minimum absolute atomic E-state index is 0.161. The number of para-hydroxylation sites is 1. The molecule has 0 aliphatic rings. The van der Waals surface area contributed by atoms with Crippen molar-refractivity contribution in [1.82, 2.24) is 9.36 Å². The SMILES string of the molecule is CCC(N)C(Nc1nc(Cc2ccccc2OC)ns1)S(=O)(=O)c1ccc(OC)cc1. The van der Waals surface area contributed by atoms with E-state index in [1.54, 1.807) is 19.2 Å². The number of nitrogens with two attached hydrogens (primary N) is 1. The van der Waals surface area contributed by atoms with Crippen molar-refractivity contribution in [2.24, 2.45) is 5.73 Å². The number of sulfone groups is 1. The van der Waals surface area contributed by atoms with Gasteiger partial charge in [-0.05, 0) is 36.8 Å². The van der Waals surface area contributed by atoms with Gasteiger partial charge in [0.25, 0.3) is 0 Å². The van der Waals surface area contributed by atoms with E-state index < -0.39 is 21.3 Å². The van der Waals surface area contributed by atoms with E-state index in [4.69, 9.17) is 15.2 Å². The number of ether oxygens (including phenoxy) is 2. The number of methoxy groups -OCH3 is 2. The molecule has 0 aliphatic carbocycles. The molecule has 3 rings (SSSR count). The second-order valence-electron chi connectivity index (χ2n) is 6.86. The third-order valence-electron chi connectivity index (χ3n) is 4.86. The van der Waals surface area contributed by atoms with Crippen LogP contribution in [-0.2, 0) is 16.3 Å². The zero-order valence-electron chi connectivity index (χ0n) is 17.6. The standard InChI is InChI=1S/C21H26N4O4S2/c1-4-17(22)20(31(26,27)16-11-9-15(28-2)10-12-16)24-21-23-19(25-30-21)13-14-7-5-6-8-18(14)29-3/h5-12,17,20H,4,13,22H2,1-3H3,(H,23,24,25). The lowest BCUT2D eigenvalue weighted by molar-refractivity contribution is 0.410. The second kappa shape index (κ2) is 10.1. The molecule has 10 heteroatoms. The summed E-state index contributed by atoms with van der Waals surface area (Å²) in [7, 11) is -0.630. The summed E-state index contributed by atoms with van der Waals surface area (Å²) in [5.74, 6) is 1.90. The highest BCUT2D eigenvalue weighted by molar-refractivity contribution is 7.92. The fourth-order valence-electron chi connectivity index (χ4n) is 3.07. The molecule has 31 heavy (non-hydrogen) atoms. The molecule has 3 aromatic rings. The molecule has 0 aliphatic heterocycles. The number of hydrogen-bond acceptors (Lipinski definition) is 9. The van der Waals surface area contributed by atoms with Crippen molar-refractivity contribution in [3.8, 4) is 11.5 Å². The smallest absolute Gasteiger partial charge is 0.203 e. The van der Waals surface area contributed by atoms with Crippen LogP contribution in [-0.4, -0.2) is 43.4 Å². The Morgan fingerprint density at radius 1 is 1.10 bits per heavy atom. The van der Waals surface area contributed by atoms with Crippen LogP contribution < -0.4 is 20.5 Å². The topological polar surface area (TPSA) is 116 Å². The summed E-state index contributed by atoms with van der Waals surface area (Å²) in [6, 6.07) is 13.2. The Balaban J connectivity index is 1.83. The highest BCUT2D eigenvalue weighted by Crippen LogP contribution is 2.26. The van der Waals surface area contributed by atoms with Crippen LogP contribution in [0.3, 0.4) is 0 Å². The van der Waals surface area contributed by atoms with E-state index in [1.165, 1.54) is 19.2 Å². The van der Waals surface area contributed by atoms with Crippen LogP contribution in [0.2, 0.25) is 0 Å². The highest BCUT2D eigenvalue weighted by Gasteiger charge is 2.33. The molecule has 0 fully saturated rings.